The van der Waals surface area contributed by atoms with Crippen molar-refractivity contribution in [3.63, 3.8) is 0 Å². The van der Waals surface area contributed by atoms with E-state index in [0.29, 0.717) is 12.8 Å². The van der Waals surface area contributed by atoms with Crippen LogP contribution in [0.15, 0.2) is 0 Å². The van der Waals surface area contributed by atoms with Crippen LogP contribution in [-0.4, -0.2) is 45.5 Å². The highest BCUT2D eigenvalue weighted by atomic mass is 32.2. The first-order valence-corrected chi connectivity index (χ1v) is 6.30. The van der Waals surface area contributed by atoms with Crippen molar-refractivity contribution >= 4 is 17.7 Å². The summed E-state index contributed by atoms with van der Waals surface area (Å²) in [6, 6.07) is 0. The highest BCUT2D eigenvalue weighted by Crippen LogP contribution is 2.32. The average molecular weight is 234 g/mol. The average Bonchev–Trinajstić information content (AvgIpc) is 2.18. The number of hydrogen-bond acceptors (Lipinski definition) is 4. The monoisotopic (exact) mass is 234 g/mol. The van der Waals surface area contributed by atoms with E-state index < -0.39 is 23.8 Å². The third-order valence-corrected chi connectivity index (χ3v) is 3.77. The number of aliphatic hydroxyl groups is 1. The van der Waals surface area contributed by atoms with Gasteiger partial charge in [-0.3, -0.25) is 0 Å². The molecule has 2 unspecified atom stereocenters. The molecule has 1 saturated heterocycles. The minimum atomic E-state index is -1.08. The topological polar surface area (TPSA) is 66.8 Å². The molecule has 4 nitrogen and oxygen atoms in total. The largest absolute Gasteiger partial charge is 0.479 e. The SMILES string of the molecule is CC(O)C(C)OC1(C(=O)O)CCSCC1. The molecule has 0 radical (unpaired) electrons. The van der Waals surface area contributed by atoms with E-state index in [-0.39, 0.29) is 0 Å². The van der Waals surface area contributed by atoms with Gasteiger partial charge in [-0.15, -0.1) is 0 Å². The number of aliphatic hydroxyl groups excluding tert-OH is 1. The van der Waals surface area contributed by atoms with Crippen molar-refractivity contribution in [3.8, 4) is 0 Å². The molecular weight excluding hydrogens is 216 g/mol. The molecule has 2 N–H and O–H groups in total. The zero-order valence-electron chi connectivity index (χ0n) is 9.10. The van der Waals surface area contributed by atoms with Crippen LogP contribution < -0.4 is 0 Å². The van der Waals surface area contributed by atoms with Gasteiger partial charge >= 0.3 is 5.97 Å². The second kappa shape index (κ2) is 5.18. The van der Waals surface area contributed by atoms with Gasteiger partial charge in [-0.1, -0.05) is 0 Å². The fourth-order valence-corrected chi connectivity index (χ4v) is 2.69. The zero-order chi connectivity index (χ0) is 11.5. The van der Waals surface area contributed by atoms with Gasteiger partial charge in [-0.05, 0) is 38.2 Å². The second-order valence-electron chi connectivity index (χ2n) is 3.98. The maximum absolute atomic E-state index is 11.2. The summed E-state index contributed by atoms with van der Waals surface area (Å²) in [5.41, 5.74) is -1.08. The molecule has 0 aromatic heterocycles. The number of carboxylic acids is 1. The molecule has 2 atom stereocenters. The molecule has 1 aliphatic heterocycles. The van der Waals surface area contributed by atoms with Gasteiger partial charge in [0.2, 0.25) is 0 Å². The third-order valence-electron chi connectivity index (χ3n) is 2.78. The summed E-state index contributed by atoms with van der Waals surface area (Å²) in [5, 5.41) is 18.5. The van der Waals surface area contributed by atoms with Crippen molar-refractivity contribution in [2.24, 2.45) is 0 Å². The summed E-state index contributed by atoms with van der Waals surface area (Å²) in [7, 11) is 0. The lowest BCUT2D eigenvalue weighted by Crippen LogP contribution is -2.48. The van der Waals surface area contributed by atoms with E-state index in [1.54, 1.807) is 25.6 Å². The highest BCUT2D eigenvalue weighted by Gasteiger charge is 2.42. The Morgan fingerprint density at radius 2 is 1.93 bits per heavy atom. The standard InChI is InChI=1S/C10H18O4S/c1-7(11)8(2)14-10(9(12)13)3-5-15-6-4-10/h7-8,11H,3-6H2,1-2H3,(H,12,13). The lowest BCUT2D eigenvalue weighted by atomic mass is 9.96. The number of thioether (sulfide) groups is 1. The highest BCUT2D eigenvalue weighted by molar-refractivity contribution is 7.99. The quantitative estimate of drug-likeness (QED) is 0.763. The lowest BCUT2D eigenvalue weighted by Gasteiger charge is -2.36. The van der Waals surface area contributed by atoms with Gasteiger partial charge in [-0.25, -0.2) is 4.79 Å². The van der Waals surface area contributed by atoms with E-state index >= 15 is 0 Å². The number of rotatable bonds is 4. The molecule has 0 aliphatic carbocycles. The molecule has 5 heteroatoms. The summed E-state index contributed by atoms with van der Waals surface area (Å²) in [5.74, 6) is 0.702. The summed E-state index contributed by atoms with van der Waals surface area (Å²) in [4.78, 5) is 11.2. The predicted octanol–water partition coefficient (Wildman–Crippen LogP) is 1.12. The van der Waals surface area contributed by atoms with Crippen molar-refractivity contribution < 1.29 is 19.7 Å². The molecule has 0 bridgehead atoms. The van der Waals surface area contributed by atoms with Gasteiger partial charge in [-0.2, -0.15) is 11.8 Å². The number of ether oxygens (including phenoxy) is 1. The summed E-state index contributed by atoms with van der Waals surface area (Å²) in [6.45, 7) is 3.31. The Labute approximate surface area is 94.0 Å². The van der Waals surface area contributed by atoms with Crippen LogP contribution in [0.2, 0.25) is 0 Å². The first kappa shape index (κ1) is 12.8. The van der Waals surface area contributed by atoms with Crippen molar-refractivity contribution in [2.75, 3.05) is 11.5 Å². The Morgan fingerprint density at radius 3 is 2.33 bits per heavy atom. The Hall–Kier alpha value is -0.260. The van der Waals surface area contributed by atoms with Crippen LogP contribution in [0, 0.1) is 0 Å². The first-order valence-electron chi connectivity index (χ1n) is 5.15. The number of carboxylic acid groups (broad SMARTS) is 1. The van der Waals surface area contributed by atoms with Crippen LogP contribution in [0.3, 0.4) is 0 Å². The number of carbonyl (C=O) groups is 1. The fraction of sp³-hybridized carbons (Fsp3) is 0.900. The Bertz CT molecular complexity index is 223. The fourth-order valence-electron chi connectivity index (χ4n) is 1.54. The Balaban J connectivity index is 2.68. The molecule has 0 amide bonds. The van der Waals surface area contributed by atoms with E-state index in [1.165, 1.54) is 0 Å². The Morgan fingerprint density at radius 1 is 1.40 bits per heavy atom. The van der Waals surface area contributed by atoms with E-state index in [9.17, 15) is 15.0 Å². The van der Waals surface area contributed by atoms with Crippen LogP contribution in [-0.2, 0) is 9.53 Å². The predicted molar refractivity (Wildman–Crippen MR) is 59.2 cm³/mol. The second-order valence-corrected chi connectivity index (χ2v) is 5.20. The van der Waals surface area contributed by atoms with Crippen LogP contribution in [0.1, 0.15) is 26.7 Å². The number of aliphatic carboxylic acids is 1. The van der Waals surface area contributed by atoms with Crippen molar-refractivity contribution in [2.45, 2.75) is 44.5 Å². The van der Waals surface area contributed by atoms with Gasteiger partial charge in [0.05, 0.1) is 12.2 Å². The first-order chi connectivity index (χ1) is 6.98. The normalized spacial score (nSPS) is 24.5. The van der Waals surface area contributed by atoms with E-state index in [4.69, 9.17) is 4.74 Å². The molecule has 1 heterocycles. The van der Waals surface area contributed by atoms with Crippen LogP contribution in [0.25, 0.3) is 0 Å². The van der Waals surface area contributed by atoms with E-state index in [0.717, 1.165) is 11.5 Å². The minimum absolute atomic E-state index is 0.441. The van der Waals surface area contributed by atoms with Crippen molar-refractivity contribution in [3.05, 3.63) is 0 Å². The summed E-state index contributed by atoms with van der Waals surface area (Å²) in [6.07, 6.45) is -0.0475. The molecule has 15 heavy (non-hydrogen) atoms. The van der Waals surface area contributed by atoms with E-state index in [2.05, 4.69) is 0 Å². The zero-order valence-corrected chi connectivity index (χ0v) is 9.92. The minimum Gasteiger partial charge on any atom is -0.479 e. The maximum Gasteiger partial charge on any atom is 0.336 e. The summed E-state index contributed by atoms with van der Waals surface area (Å²) >= 11 is 1.74. The van der Waals surface area contributed by atoms with Gasteiger partial charge in [0.1, 0.15) is 0 Å². The van der Waals surface area contributed by atoms with Gasteiger partial charge in [0.15, 0.2) is 5.60 Å². The third kappa shape index (κ3) is 3.09. The molecule has 0 saturated carbocycles. The molecule has 1 rings (SSSR count). The van der Waals surface area contributed by atoms with Crippen LogP contribution in [0.4, 0.5) is 0 Å². The number of hydrogen-bond donors (Lipinski definition) is 2. The van der Waals surface area contributed by atoms with Gasteiger partial charge in [0, 0.05) is 0 Å². The molecular formula is C10H18O4S. The Kier molecular flexibility index (Phi) is 4.43. The van der Waals surface area contributed by atoms with E-state index in [1.807, 2.05) is 0 Å². The maximum atomic E-state index is 11.2. The van der Waals surface area contributed by atoms with Gasteiger partial charge < -0.3 is 14.9 Å². The molecule has 0 spiro atoms. The molecule has 0 aromatic carbocycles. The molecule has 1 fully saturated rings. The van der Waals surface area contributed by atoms with Crippen LogP contribution >= 0.6 is 11.8 Å². The van der Waals surface area contributed by atoms with Gasteiger partial charge in [0.25, 0.3) is 0 Å². The molecule has 88 valence electrons. The molecule has 0 aromatic rings. The summed E-state index contributed by atoms with van der Waals surface area (Å²) < 4.78 is 5.54. The lowest BCUT2D eigenvalue weighted by molar-refractivity contribution is -0.181. The smallest absolute Gasteiger partial charge is 0.336 e. The van der Waals surface area contributed by atoms with Crippen LogP contribution in [0.5, 0.6) is 0 Å². The van der Waals surface area contributed by atoms with Crippen molar-refractivity contribution in [1.82, 2.24) is 0 Å². The van der Waals surface area contributed by atoms with Crippen molar-refractivity contribution in [1.29, 1.82) is 0 Å². The molecule has 1 aliphatic rings.